The SMILES string of the molecule is O=S(=O)(O)O[C@@H]1[C@H](O[C@H]2O[C@@H]3CO[C@H]([C@H]2O)[C@H]3O[C@@H]2O[C@H](CO)[C@H](OS(=O)(=O)O)[C@H](O[C@H]3O[C@@H]4CO[C@H]([C@H]3O)[C@H]4O[C@@H]3O[C@H](CO)[C@H](OS(=O)(=O)O)[C@H](O[C@H]4O[C@@H]5CO[C@@H]([C@H]5O)[C@H]4O)[C@H]3O)[C@H]2O)[C@@H](O)[C@H](O)O[C@@H]1CO. The van der Waals surface area contributed by atoms with Crippen LogP contribution in [0.15, 0.2) is 0 Å². The average molecular weight is 1180 g/mol. The maximum atomic E-state index is 12.1. The normalized spacial score (nSPS) is 50.8. The summed E-state index contributed by atoms with van der Waals surface area (Å²) in [5, 5.41) is 119. The van der Waals surface area contributed by atoms with E-state index < -0.39 is 248 Å². The molecule has 9 aliphatic rings. The summed E-state index contributed by atoms with van der Waals surface area (Å²) in [6.45, 7) is -4.34. The van der Waals surface area contributed by atoms with E-state index in [0.29, 0.717) is 0 Å². The van der Waals surface area contributed by atoms with Gasteiger partial charge in [-0.15, -0.1) is 0 Å². The molecule has 0 unspecified atom stereocenters. The van der Waals surface area contributed by atoms with Gasteiger partial charge in [-0.3, -0.25) is 13.7 Å². The van der Waals surface area contributed by atoms with Crippen LogP contribution in [0.4, 0.5) is 0 Å². The highest BCUT2D eigenvalue weighted by molar-refractivity contribution is 7.81. The molecule has 0 spiro atoms. The van der Waals surface area contributed by atoms with Gasteiger partial charge < -0.3 is 122 Å². The van der Waals surface area contributed by atoms with Gasteiger partial charge in [0.25, 0.3) is 0 Å². The first-order valence-corrected chi connectivity index (χ1v) is 27.1. The van der Waals surface area contributed by atoms with E-state index in [1.165, 1.54) is 0 Å². The van der Waals surface area contributed by atoms with Crippen LogP contribution in [0.2, 0.25) is 0 Å². The molecule has 6 bridgehead atoms. The Morgan fingerprint density at radius 3 is 1.03 bits per heavy atom. The molecule has 40 heteroatoms. The largest absolute Gasteiger partial charge is 0.397 e. The van der Waals surface area contributed by atoms with E-state index in [1.54, 1.807) is 0 Å². The van der Waals surface area contributed by atoms with Crippen LogP contribution in [0, 0.1) is 0 Å². The van der Waals surface area contributed by atoms with E-state index in [1.807, 2.05) is 0 Å². The summed E-state index contributed by atoms with van der Waals surface area (Å²) in [4.78, 5) is 0. The van der Waals surface area contributed by atoms with Gasteiger partial charge in [0.05, 0.1) is 39.6 Å². The van der Waals surface area contributed by atoms with Gasteiger partial charge in [-0.05, 0) is 0 Å². The lowest BCUT2D eigenvalue weighted by atomic mass is 9.96. The van der Waals surface area contributed by atoms with Crippen LogP contribution < -0.4 is 0 Å². The quantitative estimate of drug-likeness (QED) is 0.0534. The molecule has 9 heterocycles. The molecular formula is C36H56O37S3. The van der Waals surface area contributed by atoms with Gasteiger partial charge in [0.1, 0.15) is 146 Å². The molecule has 440 valence electrons. The number of hydrogen-bond acceptors (Lipinski definition) is 34. The zero-order chi connectivity index (χ0) is 55.1. The van der Waals surface area contributed by atoms with Crippen molar-refractivity contribution < 1.29 is 174 Å². The highest BCUT2D eigenvalue weighted by Gasteiger charge is 2.62. The van der Waals surface area contributed by atoms with Crippen molar-refractivity contribution in [1.29, 1.82) is 0 Å². The summed E-state index contributed by atoms with van der Waals surface area (Å²) in [5.74, 6) is 0. The van der Waals surface area contributed by atoms with Crippen molar-refractivity contribution in [3.05, 3.63) is 0 Å². The maximum absolute atomic E-state index is 12.1. The number of aliphatic hydroxyl groups excluding tert-OH is 11. The number of rotatable bonds is 19. The van der Waals surface area contributed by atoms with Gasteiger partial charge >= 0.3 is 31.2 Å². The molecule has 14 N–H and O–H groups in total. The summed E-state index contributed by atoms with van der Waals surface area (Å²) in [5.41, 5.74) is 0. The number of ether oxygens (including phenoxy) is 14. The summed E-state index contributed by atoms with van der Waals surface area (Å²) < 4.78 is 193. The van der Waals surface area contributed by atoms with Gasteiger partial charge in [0, 0.05) is 0 Å². The molecule has 0 aromatic heterocycles. The Labute approximate surface area is 428 Å². The predicted molar refractivity (Wildman–Crippen MR) is 220 cm³/mol. The van der Waals surface area contributed by atoms with E-state index >= 15 is 0 Å². The molecule has 30 atom stereocenters. The van der Waals surface area contributed by atoms with Crippen LogP contribution in [0.1, 0.15) is 0 Å². The van der Waals surface area contributed by atoms with Crippen molar-refractivity contribution >= 4 is 31.2 Å². The zero-order valence-corrected chi connectivity index (χ0v) is 40.9. The fourth-order valence-corrected chi connectivity index (χ4v) is 11.9. The zero-order valence-electron chi connectivity index (χ0n) is 38.4. The molecule has 0 aromatic carbocycles. The lowest BCUT2D eigenvalue weighted by molar-refractivity contribution is -0.378. The van der Waals surface area contributed by atoms with Crippen molar-refractivity contribution in [3.8, 4) is 0 Å². The van der Waals surface area contributed by atoms with Gasteiger partial charge in [0.2, 0.25) is 0 Å². The topological polar surface area (TPSA) is 543 Å². The minimum Gasteiger partial charge on any atom is -0.394 e. The first-order chi connectivity index (χ1) is 35.7. The highest BCUT2D eigenvalue weighted by Crippen LogP contribution is 2.42. The molecule has 0 radical (unpaired) electrons. The Morgan fingerprint density at radius 2 is 0.645 bits per heavy atom. The van der Waals surface area contributed by atoms with Crippen molar-refractivity contribution in [2.24, 2.45) is 0 Å². The van der Waals surface area contributed by atoms with Crippen LogP contribution in [0.25, 0.3) is 0 Å². The number of hydrogen-bond donors (Lipinski definition) is 14. The molecule has 0 aromatic rings. The second kappa shape index (κ2) is 23.1. The summed E-state index contributed by atoms with van der Waals surface area (Å²) in [6, 6.07) is 0. The van der Waals surface area contributed by atoms with Crippen LogP contribution in [0.3, 0.4) is 0 Å². The molecule has 0 saturated carbocycles. The smallest absolute Gasteiger partial charge is 0.394 e. The molecule has 9 fully saturated rings. The van der Waals surface area contributed by atoms with Crippen LogP contribution in [0.5, 0.6) is 0 Å². The third-order valence-electron chi connectivity index (χ3n) is 13.8. The second-order valence-electron chi connectivity index (χ2n) is 18.6. The minimum absolute atomic E-state index is 0.196. The monoisotopic (exact) mass is 1180 g/mol. The summed E-state index contributed by atoms with van der Waals surface area (Å²) >= 11 is 0. The van der Waals surface area contributed by atoms with Crippen LogP contribution >= 0.6 is 0 Å². The predicted octanol–water partition coefficient (Wildman–Crippen LogP) is -11.5. The summed E-state index contributed by atoms with van der Waals surface area (Å²) in [7, 11) is -16.2. The molecule has 37 nitrogen and oxygen atoms in total. The van der Waals surface area contributed by atoms with Gasteiger partial charge in [-0.2, -0.15) is 25.3 Å². The molecule has 9 aliphatic heterocycles. The third-order valence-corrected chi connectivity index (χ3v) is 15.2. The minimum atomic E-state index is -5.50. The van der Waals surface area contributed by atoms with Gasteiger partial charge in [-0.25, -0.2) is 12.5 Å². The number of fused-ring (bicyclic) bond motifs is 6. The van der Waals surface area contributed by atoms with E-state index in [9.17, 15) is 95.1 Å². The standard InChI is InChI=1S/C36H56O37S3/c37-1-7-22(71-74(48,49)50)28(14(41)31(47)60-7)68-33-16(43)26-20(11(64-33)5-58-26)66-36-19(46)30(24(9(3-39)62-36)73-76(54,55)56)70-34-17(44)27-21(12(65-34)6-59-27)67-35-18(45)29(23(8(2-38)61-35)72-75(51,52)53)69-32-15(42)25-13(40)10(63-32)4-57-25/h7-47H,1-6H2,(H,48,49,50)(H,51,52,53)(H,54,55,56)/t7-,8-,9-,10-,11-,12-,13+,14-,15-,16-,17-,18-,19-,20+,21+,22+,23+,24+,25+,26-,27-,28-,29-,30-,31-,32-,33-,34-,35+,36+/m1/s1. The Balaban J connectivity index is 0.893. The van der Waals surface area contributed by atoms with E-state index in [2.05, 4.69) is 4.18 Å². The second-order valence-corrected chi connectivity index (χ2v) is 21.8. The first kappa shape index (κ1) is 59.2. The lowest BCUT2D eigenvalue weighted by Gasteiger charge is -2.48. The van der Waals surface area contributed by atoms with Gasteiger partial charge in [0.15, 0.2) is 37.7 Å². The van der Waals surface area contributed by atoms with Crippen LogP contribution in [-0.2, 0) is 110 Å². The molecule has 9 rings (SSSR count). The molecular weight excluding hydrogens is 1120 g/mol. The van der Waals surface area contributed by atoms with Crippen molar-refractivity contribution in [1.82, 2.24) is 0 Å². The highest BCUT2D eigenvalue weighted by atomic mass is 32.3. The van der Waals surface area contributed by atoms with E-state index in [4.69, 9.17) is 74.7 Å². The van der Waals surface area contributed by atoms with Crippen LogP contribution in [-0.4, -0.2) is 319 Å². The summed E-state index contributed by atoms with van der Waals surface area (Å²) in [6.07, 6.45) is -54.4. The first-order valence-electron chi connectivity index (χ1n) is 23.0. The molecule has 9 saturated heterocycles. The van der Waals surface area contributed by atoms with Crippen molar-refractivity contribution in [2.75, 3.05) is 39.6 Å². The number of aliphatic hydroxyl groups is 11. The maximum Gasteiger partial charge on any atom is 0.397 e. The van der Waals surface area contributed by atoms with Gasteiger partial charge in [-0.1, -0.05) is 0 Å². The van der Waals surface area contributed by atoms with Crippen molar-refractivity contribution in [2.45, 2.75) is 184 Å². The lowest BCUT2D eigenvalue weighted by Crippen LogP contribution is -2.67. The fraction of sp³-hybridized carbons (Fsp3) is 1.00. The molecule has 0 amide bonds. The van der Waals surface area contributed by atoms with Crippen molar-refractivity contribution in [3.63, 3.8) is 0 Å². The molecule has 76 heavy (non-hydrogen) atoms. The third kappa shape index (κ3) is 12.2. The Morgan fingerprint density at radius 1 is 0.342 bits per heavy atom. The average Bonchev–Trinajstić information content (AvgIpc) is 3.94. The fourth-order valence-electron chi connectivity index (χ4n) is 10.3. The molecule has 0 aliphatic carbocycles. The van der Waals surface area contributed by atoms with E-state index in [-0.39, 0.29) is 6.61 Å². The Kier molecular flexibility index (Phi) is 18.0. The van der Waals surface area contributed by atoms with E-state index in [0.717, 1.165) is 0 Å². The Hall–Kier alpha value is -1.39. The Bertz CT molecular complexity index is 2320.